The molecule has 1 aliphatic carbocycles. The molecule has 1 aromatic carbocycles. The van der Waals surface area contributed by atoms with Crippen LogP contribution in [0, 0.1) is 32.7 Å². The average molecular weight is 294 g/mol. The van der Waals surface area contributed by atoms with Crippen molar-refractivity contribution in [2.75, 3.05) is 6.54 Å². The average Bonchev–Trinajstić information content (AvgIpc) is 2.77. The van der Waals surface area contributed by atoms with Gasteiger partial charge in [-0.3, -0.25) is 14.9 Å². The molecule has 2 rings (SSSR count). The Hall–Kier alpha value is -1.98. The lowest BCUT2D eigenvalue weighted by Gasteiger charge is -2.06. The van der Waals surface area contributed by atoms with E-state index in [9.17, 15) is 19.3 Å². The molecule has 0 aromatic heterocycles. The van der Waals surface area contributed by atoms with Gasteiger partial charge in [-0.1, -0.05) is 27.7 Å². The highest BCUT2D eigenvalue weighted by Gasteiger charge is 2.64. The van der Waals surface area contributed by atoms with Crippen LogP contribution in [0.3, 0.4) is 0 Å². The maximum atomic E-state index is 13.2. The number of amides is 1. The van der Waals surface area contributed by atoms with Gasteiger partial charge in [0.1, 0.15) is 0 Å². The molecule has 0 heterocycles. The molecule has 6 heteroatoms. The van der Waals surface area contributed by atoms with Gasteiger partial charge in [0.25, 0.3) is 5.91 Å². The van der Waals surface area contributed by atoms with Gasteiger partial charge < -0.3 is 5.32 Å². The van der Waals surface area contributed by atoms with Crippen LogP contribution in [0.15, 0.2) is 18.2 Å². The van der Waals surface area contributed by atoms with Gasteiger partial charge in [0.2, 0.25) is 5.82 Å². The Balaban J connectivity index is 2.05. The molecule has 0 saturated heterocycles. The molecule has 1 N–H and O–H groups in total. The minimum absolute atomic E-state index is 0.0966. The third-order valence-electron chi connectivity index (χ3n) is 5.19. The van der Waals surface area contributed by atoms with E-state index in [0.29, 0.717) is 12.5 Å². The second-order valence-electron chi connectivity index (χ2n) is 6.63. The Morgan fingerprint density at radius 3 is 2.38 bits per heavy atom. The highest BCUT2D eigenvalue weighted by molar-refractivity contribution is 5.94. The van der Waals surface area contributed by atoms with Crippen LogP contribution in [0.1, 0.15) is 38.1 Å². The first kappa shape index (κ1) is 15.4. The van der Waals surface area contributed by atoms with Gasteiger partial charge in [0, 0.05) is 18.2 Å². The Kier molecular flexibility index (Phi) is 3.51. The number of hydrogen-bond donors (Lipinski definition) is 1. The van der Waals surface area contributed by atoms with Gasteiger partial charge >= 0.3 is 5.69 Å². The fraction of sp³-hybridized carbons (Fsp3) is 0.533. The summed E-state index contributed by atoms with van der Waals surface area (Å²) in [7, 11) is 0. The van der Waals surface area contributed by atoms with Crippen molar-refractivity contribution in [3.8, 4) is 0 Å². The summed E-state index contributed by atoms with van der Waals surface area (Å²) in [5, 5.41) is 13.5. The number of nitro benzene ring substituents is 1. The minimum Gasteiger partial charge on any atom is -0.352 e. The molecule has 0 aliphatic heterocycles. The third kappa shape index (κ3) is 2.50. The Labute approximate surface area is 122 Å². The molecule has 0 bridgehead atoms. The van der Waals surface area contributed by atoms with Gasteiger partial charge in [0.15, 0.2) is 0 Å². The van der Waals surface area contributed by atoms with E-state index >= 15 is 0 Å². The number of carbonyl (C=O) groups excluding carboxylic acids is 1. The first-order chi connectivity index (χ1) is 9.59. The van der Waals surface area contributed by atoms with Crippen molar-refractivity contribution in [1.29, 1.82) is 0 Å². The van der Waals surface area contributed by atoms with Crippen LogP contribution in [0.4, 0.5) is 10.1 Å². The van der Waals surface area contributed by atoms with E-state index in [1.807, 2.05) is 0 Å². The zero-order valence-corrected chi connectivity index (χ0v) is 12.6. The molecular weight excluding hydrogens is 275 g/mol. The quantitative estimate of drug-likeness (QED) is 0.685. The number of nitrogens with one attached hydrogen (secondary N) is 1. The maximum Gasteiger partial charge on any atom is 0.305 e. The summed E-state index contributed by atoms with van der Waals surface area (Å²) >= 11 is 0. The fourth-order valence-corrected chi connectivity index (χ4v) is 2.93. The van der Waals surface area contributed by atoms with Crippen molar-refractivity contribution in [3.63, 3.8) is 0 Å². The molecule has 114 valence electrons. The number of nitrogens with zero attached hydrogens (tertiary/aromatic N) is 1. The lowest BCUT2D eigenvalue weighted by molar-refractivity contribution is -0.387. The predicted molar refractivity (Wildman–Crippen MR) is 76.4 cm³/mol. The lowest BCUT2D eigenvalue weighted by atomic mass is 10.0. The molecular formula is C15H19FN2O3. The van der Waals surface area contributed by atoms with Crippen LogP contribution in [0.25, 0.3) is 0 Å². The van der Waals surface area contributed by atoms with Gasteiger partial charge in [-0.25, -0.2) is 0 Å². The van der Waals surface area contributed by atoms with Crippen LogP contribution >= 0.6 is 0 Å². The van der Waals surface area contributed by atoms with Gasteiger partial charge in [-0.15, -0.1) is 0 Å². The summed E-state index contributed by atoms with van der Waals surface area (Å²) in [6, 6.07) is 3.16. The monoisotopic (exact) mass is 294 g/mol. The summed E-state index contributed by atoms with van der Waals surface area (Å²) in [5.74, 6) is -1.01. The SMILES string of the molecule is CC1(C)C(CNC(=O)c2ccc(F)c([N+](=O)[O-])c2)C1(C)C. The molecule has 0 unspecified atom stereocenters. The van der Waals surface area contributed by atoms with Crippen molar-refractivity contribution in [3.05, 3.63) is 39.7 Å². The van der Waals surface area contributed by atoms with Gasteiger partial charge in [-0.05, 0) is 28.9 Å². The number of benzene rings is 1. The highest BCUT2D eigenvalue weighted by atomic mass is 19.1. The summed E-state index contributed by atoms with van der Waals surface area (Å²) in [6.07, 6.45) is 0. The van der Waals surface area contributed by atoms with Crippen LogP contribution in [0.2, 0.25) is 0 Å². The van der Waals surface area contributed by atoms with Crippen molar-refractivity contribution >= 4 is 11.6 Å². The standard InChI is InChI=1S/C15H19FN2O3/c1-14(2)12(15(14,3)4)8-17-13(19)9-5-6-10(16)11(7-9)18(20)21/h5-7,12H,8H2,1-4H3,(H,17,19). The first-order valence-electron chi connectivity index (χ1n) is 6.81. The van der Waals surface area contributed by atoms with E-state index in [1.165, 1.54) is 6.07 Å². The Bertz CT molecular complexity index is 597. The maximum absolute atomic E-state index is 13.2. The van der Waals surface area contributed by atoms with E-state index in [2.05, 4.69) is 33.0 Å². The fourth-order valence-electron chi connectivity index (χ4n) is 2.93. The normalized spacial score (nSPS) is 19.1. The number of rotatable bonds is 4. The van der Waals surface area contributed by atoms with Crippen molar-refractivity contribution < 1.29 is 14.1 Å². The van der Waals surface area contributed by atoms with Crippen LogP contribution < -0.4 is 5.32 Å². The molecule has 1 aromatic rings. The number of halogens is 1. The molecule has 1 saturated carbocycles. The summed E-state index contributed by atoms with van der Waals surface area (Å²) < 4.78 is 13.2. The van der Waals surface area contributed by atoms with Crippen molar-refractivity contribution in [2.24, 2.45) is 16.7 Å². The van der Waals surface area contributed by atoms with Crippen LogP contribution in [0.5, 0.6) is 0 Å². The topological polar surface area (TPSA) is 72.2 Å². The summed E-state index contributed by atoms with van der Waals surface area (Å²) in [6.45, 7) is 9.09. The molecule has 21 heavy (non-hydrogen) atoms. The summed E-state index contributed by atoms with van der Waals surface area (Å²) in [5.41, 5.74) is -0.293. The Morgan fingerprint density at radius 1 is 1.33 bits per heavy atom. The predicted octanol–water partition coefficient (Wildman–Crippen LogP) is 3.15. The second-order valence-corrected chi connectivity index (χ2v) is 6.63. The van der Waals surface area contributed by atoms with E-state index in [4.69, 9.17) is 0 Å². The minimum atomic E-state index is -0.944. The molecule has 1 fully saturated rings. The lowest BCUT2D eigenvalue weighted by Crippen LogP contribution is -2.27. The third-order valence-corrected chi connectivity index (χ3v) is 5.19. The number of nitro groups is 1. The number of carbonyl (C=O) groups is 1. The zero-order chi connectivity index (χ0) is 16.0. The summed E-state index contributed by atoms with van der Waals surface area (Å²) in [4.78, 5) is 21.9. The van der Waals surface area contributed by atoms with Gasteiger partial charge in [0.05, 0.1) is 4.92 Å². The van der Waals surface area contributed by atoms with Gasteiger partial charge in [-0.2, -0.15) is 4.39 Å². The Morgan fingerprint density at radius 2 is 1.90 bits per heavy atom. The highest BCUT2D eigenvalue weighted by Crippen LogP contribution is 2.67. The van der Waals surface area contributed by atoms with E-state index in [0.717, 1.165) is 12.1 Å². The van der Waals surface area contributed by atoms with E-state index < -0.39 is 22.3 Å². The second kappa shape index (κ2) is 4.79. The van der Waals surface area contributed by atoms with Crippen LogP contribution in [-0.2, 0) is 0 Å². The van der Waals surface area contributed by atoms with E-state index in [1.54, 1.807) is 0 Å². The number of hydrogen-bond acceptors (Lipinski definition) is 3. The largest absolute Gasteiger partial charge is 0.352 e. The molecule has 0 radical (unpaired) electrons. The molecule has 0 spiro atoms. The van der Waals surface area contributed by atoms with E-state index in [-0.39, 0.29) is 16.4 Å². The van der Waals surface area contributed by atoms with Crippen molar-refractivity contribution in [1.82, 2.24) is 5.32 Å². The molecule has 5 nitrogen and oxygen atoms in total. The molecule has 1 aliphatic rings. The first-order valence-corrected chi connectivity index (χ1v) is 6.81. The smallest absolute Gasteiger partial charge is 0.305 e. The molecule has 0 atom stereocenters. The van der Waals surface area contributed by atoms with Crippen LogP contribution in [-0.4, -0.2) is 17.4 Å². The zero-order valence-electron chi connectivity index (χ0n) is 12.6. The van der Waals surface area contributed by atoms with Crippen molar-refractivity contribution in [2.45, 2.75) is 27.7 Å². The molecule has 1 amide bonds.